The van der Waals surface area contributed by atoms with Crippen LogP contribution in [-0.2, 0) is 16.2 Å². The van der Waals surface area contributed by atoms with E-state index in [1.165, 1.54) is 6.07 Å². The fraction of sp³-hybridized carbons (Fsp3) is 0.222. The van der Waals surface area contributed by atoms with Crippen molar-refractivity contribution in [2.24, 2.45) is 0 Å². The minimum Gasteiger partial charge on any atom is -0.282 e. The molecule has 0 aromatic heterocycles. The molecule has 0 aliphatic carbocycles. The summed E-state index contributed by atoms with van der Waals surface area (Å²) in [6.07, 6.45) is -3.74. The molecule has 0 aliphatic rings. The molecule has 0 aliphatic heterocycles. The van der Waals surface area contributed by atoms with Crippen molar-refractivity contribution in [2.45, 2.75) is 6.18 Å². The molecule has 0 amide bonds. The maximum Gasteiger partial charge on any atom is 0.416 e. The molecule has 0 unspecified atom stereocenters. The third kappa shape index (κ3) is 3.64. The fourth-order valence-electron chi connectivity index (χ4n) is 1.10. The van der Waals surface area contributed by atoms with Crippen molar-refractivity contribution in [2.75, 3.05) is 11.0 Å². The molecule has 92 valence electrons. The maximum atomic E-state index is 12.3. The standard InChI is InChI=1S/C9H7F3N2O2S/c1-17(15,16)14-8-3-2-7(9(10,11)12)4-6(8)5-13/h2-4,14H,1H3. The quantitative estimate of drug-likeness (QED) is 0.887. The number of halogens is 3. The van der Waals surface area contributed by atoms with Crippen LogP contribution in [-0.4, -0.2) is 14.7 Å². The molecule has 4 nitrogen and oxygen atoms in total. The molecule has 0 bridgehead atoms. The highest BCUT2D eigenvalue weighted by Crippen LogP contribution is 2.31. The molecule has 0 saturated heterocycles. The highest BCUT2D eigenvalue weighted by atomic mass is 32.2. The Morgan fingerprint density at radius 2 is 1.94 bits per heavy atom. The Kier molecular flexibility index (Phi) is 3.33. The zero-order chi connectivity index (χ0) is 13.3. The number of anilines is 1. The van der Waals surface area contributed by atoms with E-state index in [1.807, 2.05) is 4.72 Å². The number of sulfonamides is 1. The first-order valence-corrected chi connectivity index (χ1v) is 6.12. The van der Waals surface area contributed by atoms with E-state index in [-0.39, 0.29) is 11.3 Å². The number of hydrogen-bond acceptors (Lipinski definition) is 3. The van der Waals surface area contributed by atoms with Crippen molar-refractivity contribution in [3.8, 4) is 6.07 Å². The van der Waals surface area contributed by atoms with Gasteiger partial charge < -0.3 is 0 Å². The molecule has 0 saturated carbocycles. The van der Waals surface area contributed by atoms with Crippen LogP contribution in [0, 0.1) is 11.3 Å². The molecule has 17 heavy (non-hydrogen) atoms. The van der Waals surface area contributed by atoms with Crippen molar-refractivity contribution >= 4 is 15.7 Å². The second-order valence-corrected chi connectivity index (χ2v) is 4.99. The van der Waals surface area contributed by atoms with E-state index in [2.05, 4.69) is 0 Å². The van der Waals surface area contributed by atoms with Gasteiger partial charge in [-0.05, 0) is 18.2 Å². The van der Waals surface area contributed by atoms with Crippen molar-refractivity contribution in [3.05, 3.63) is 29.3 Å². The van der Waals surface area contributed by atoms with Gasteiger partial charge in [-0.1, -0.05) is 0 Å². The molecule has 1 aromatic rings. The molecule has 1 N–H and O–H groups in total. The average molecular weight is 264 g/mol. The number of hydrogen-bond donors (Lipinski definition) is 1. The first-order chi connectivity index (χ1) is 7.63. The lowest BCUT2D eigenvalue weighted by Crippen LogP contribution is -2.12. The van der Waals surface area contributed by atoms with Crippen LogP contribution in [0.5, 0.6) is 0 Å². The van der Waals surface area contributed by atoms with E-state index in [4.69, 9.17) is 5.26 Å². The second-order valence-electron chi connectivity index (χ2n) is 3.24. The summed E-state index contributed by atoms with van der Waals surface area (Å²) in [6, 6.07) is 3.70. The topological polar surface area (TPSA) is 70.0 Å². The van der Waals surface area contributed by atoms with Gasteiger partial charge in [0, 0.05) is 0 Å². The Hall–Kier alpha value is -1.75. The third-order valence-corrected chi connectivity index (χ3v) is 2.35. The normalized spacial score (nSPS) is 11.9. The van der Waals surface area contributed by atoms with E-state index in [0.29, 0.717) is 12.1 Å². The van der Waals surface area contributed by atoms with Gasteiger partial charge in [0.05, 0.1) is 23.1 Å². The predicted octanol–water partition coefficient (Wildman–Crippen LogP) is 1.95. The Morgan fingerprint density at radius 3 is 2.35 bits per heavy atom. The molecular weight excluding hydrogens is 257 g/mol. The third-order valence-electron chi connectivity index (χ3n) is 1.76. The number of nitriles is 1. The first-order valence-electron chi connectivity index (χ1n) is 4.22. The summed E-state index contributed by atoms with van der Waals surface area (Å²) in [4.78, 5) is 0. The summed E-state index contributed by atoms with van der Waals surface area (Å²) in [7, 11) is -3.64. The number of benzene rings is 1. The van der Waals surface area contributed by atoms with Crippen LogP contribution >= 0.6 is 0 Å². The van der Waals surface area contributed by atoms with Gasteiger partial charge in [0.25, 0.3) is 0 Å². The van der Waals surface area contributed by atoms with Crippen LogP contribution in [0.1, 0.15) is 11.1 Å². The van der Waals surface area contributed by atoms with E-state index in [9.17, 15) is 21.6 Å². The van der Waals surface area contributed by atoms with Gasteiger partial charge in [-0.25, -0.2) is 8.42 Å². The molecular formula is C9H7F3N2O2S. The summed E-state index contributed by atoms with van der Waals surface area (Å²) in [6.45, 7) is 0. The van der Waals surface area contributed by atoms with Crippen LogP contribution in [0.25, 0.3) is 0 Å². The van der Waals surface area contributed by atoms with Gasteiger partial charge in [0.1, 0.15) is 6.07 Å². The van der Waals surface area contributed by atoms with E-state index in [1.54, 1.807) is 0 Å². The second kappa shape index (κ2) is 4.25. The van der Waals surface area contributed by atoms with Crippen LogP contribution < -0.4 is 4.72 Å². The van der Waals surface area contributed by atoms with Crippen molar-refractivity contribution in [1.29, 1.82) is 5.26 Å². The number of alkyl halides is 3. The molecule has 1 aromatic carbocycles. The molecule has 0 fully saturated rings. The molecule has 0 atom stereocenters. The maximum absolute atomic E-state index is 12.3. The Morgan fingerprint density at radius 1 is 1.35 bits per heavy atom. The minimum atomic E-state index is -4.57. The summed E-state index contributed by atoms with van der Waals surface area (Å²) >= 11 is 0. The van der Waals surface area contributed by atoms with Gasteiger partial charge in [0.15, 0.2) is 0 Å². The molecule has 0 radical (unpaired) electrons. The number of nitrogens with one attached hydrogen (secondary N) is 1. The van der Waals surface area contributed by atoms with Crippen LogP contribution in [0.15, 0.2) is 18.2 Å². The van der Waals surface area contributed by atoms with Crippen LogP contribution in [0.3, 0.4) is 0 Å². The summed E-state index contributed by atoms with van der Waals surface area (Å²) in [5.41, 5.74) is -1.57. The van der Waals surface area contributed by atoms with Gasteiger partial charge in [0.2, 0.25) is 10.0 Å². The summed E-state index contributed by atoms with van der Waals surface area (Å²) in [5.74, 6) is 0. The smallest absolute Gasteiger partial charge is 0.282 e. The Bertz CT molecular complexity index is 573. The summed E-state index contributed by atoms with van der Waals surface area (Å²) < 4.78 is 60.8. The van der Waals surface area contributed by atoms with E-state index < -0.39 is 21.8 Å². The SMILES string of the molecule is CS(=O)(=O)Nc1ccc(C(F)(F)F)cc1C#N. The highest BCUT2D eigenvalue weighted by molar-refractivity contribution is 7.92. The Balaban J connectivity index is 3.26. The van der Waals surface area contributed by atoms with Crippen molar-refractivity contribution in [1.82, 2.24) is 0 Å². The highest BCUT2D eigenvalue weighted by Gasteiger charge is 2.31. The zero-order valence-electron chi connectivity index (χ0n) is 8.54. The van der Waals surface area contributed by atoms with E-state index in [0.717, 1.165) is 12.3 Å². The molecule has 8 heteroatoms. The van der Waals surface area contributed by atoms with Crippen LogP contribution in [0.4, 0.5) is 18.9 Å². The van der Waals surface area contributed by atoms with Gasteiger partial charge in [-0.2, -0.15) is 18.4 Å². The Labute approximate surface area is 95.7 Å². The lowest BCUT2D eigenvalue weighted by atomic mass is 10.1. The lowest BCUT2D eigenvalue weighted by molar-refractivity contribution is -0.137. The molecule has 1 rings (SSSR count). The van der Waals surface area contributed by atoms with E-state index >= 15 is 0 Å². The van der Waals surface area contributed by atoms with Crippen LogP contribution in [0.2, 0.25) is 0 Å². The van der Waals surface area contributed by atoms with Crippen molar-refractivity contribution in [3.63, 3.8) is 0 Å². The molecule has 0 spiro atoms. The monoisotopic (exact) mass is 264 g/mol. The predicted molar refractivity (Wildman–Crippen MR) is 54.6 cm³/mol. The van der Waals surface area contributed by atoms with Gasteiger partial charge >= 0.3 is 6.18 Å². The number of rotatable bonds is 2. The summed E-state index contributed by atoms with van der Waals surface area (Å²) in [5, 5.41) is 8.65. The van der Waals surface area contributed by atoms with Crippen molar-refractivity contribution < 1.29 is 21.6 Å². The van der Waals surface area contributed by atoms with Gasteiger partial charge in [-0.3, -0.25) is 4.72 Å². The average Bonchev–Trinajstić information content (AvgIpc) is 2.14. The number of nitrogens with zero attached hydrogens (tertiary/aromatic N) is 1. The largest absolute Gasteiger partial charge is 0.416 e. The van der Waals surface area contributed by atoms with Gasteiger partial charge in [-0.15, -0.1) is 0 Å². The lowest BCUT2D eigenvalue weighted by Gasteiger charge is -2.10. The minimum absolute atomic E-state index is 0.178. The fourth-order valence-corrected chi connectivity index (χ4v) is 1.68. The molecule has 0 heterocycles. The zero-order valence-corrected chi connectivity index (χ0v) is 9.35. The first kappa shape index (κ1) is 13.3.